The van der Waals surface area contributed by atoms with E-state index in [0.717, 1.165) is 64.2 Å². The molecule has 406 valence electrons. The summed E-state index contributed by atoms with van der Waals surface area (Å²) in [6.45, 7) is 4.21. The van der Waals surface area contributed by atoms with Crippen molar-refractivity contribution < 1.29 is 15.0 Å². The van der Waals surface area contributed by atoms with Gasteiger partial charge in [0.25, 0.3) is 0 Å². The third-order valence-corrected chi connectivity index (χ3v) is 13.8. The van der Waals surface area contributed by atoms with Crippen LogP contribution in [0.5, 0.6) is 0 Å². The average molecular weight is 975 g/mol. The van der Waals surface area contributed by atoms with Gasteiger partial charge in [-0.15, -0.1) is 0 Å². The lowest BCUT2D eigenvalue weighted by Crippen LogP contribution is -2.45. The van der Waals surface area contributed by atoms with Crippen LogP contribution in [0.1, 0.15) is 309 Å². The molecule has 0 aliphatic heterocycles. The van der Waals surface area contributed by atoms with E-state index in [1.165, 1.54) is 225 Å². The molecule has 0 radical (unpaired) electrons. The molecule has 0 rings (SSSR count). The zero-order valence-corrected chi connectivity index (χ0v) is 46.8. The third kappa shape index (κ3) is 56.5. The van der Waals surface area contributed by atoms with E-state index in [9.17, 15) is 15.0 Å². The number of amides is 1. The minimum absolute atomic E-state index is 0.0760. The Morgan fingerprint density at radius 3 is 1.00 bits per heavy atom. The summed E-state index contributed by atoms with van der Waals surface area (Å²) in [7, 11) is 0. The van der Waals surface area contributed by atoms with Gasteiger partial charge in [0.15, 0.2) is 0 Å². The number of hydrogen-bond acceptors (Lipinski definition) is 3. The molecule has 0 bridgehead atoms. The van der Waals surface area contributed by atoms with Gasteiger partial charge in [-0.05, 0) is 83.5 Å². The smallest absolute Gasteiger partial charge is 0.220 e. The van der Waals surface area contributed by atoms with Crippen LogP contribution in [0.25, 0.3) is 0 Å². The monoisotopic (exact) mass is 974 g/mol. The van der Waals surface area contributed by atoms with Crippen LogP contribution in [0.4, 0.5) is 0 Å². The summed E-state index contributed by atoms with van der Waals surface area (Å²) in [6.07, 6.45) is 89.2. The van der Waals surface area contributed by atoms with Gasteiger partial charge < -0.3 is 15.5 Å². The van der Waals surface area contributed by atoms with Crippen LogP contribution in [0.3, 0.4) is 0 Å². The number of carbonyl (C=O) groups is 1. The van der Waals surface area contributed by atoms with Crippen LogP contribution in [0.2, 0.25) is 0 Å². The van der Waals surface area contributed by atoms with E-state index in [4.69, 9.17) is 0 Å². The molecular weight excluding hydrogens is 855 g/mol. The molecule has 2 atom stereocenters. The molecule has 4 nitrogen and oxygen atoms in total. The number of rotatable bonds is 56. The SMILES string of the molecule is CC/C=C\C/C=C\C/C=C\C/C=C\CCCCCCCCCCCCCCCCCCCCC(=O)NC(CO)C(O)/C=C/CC/C=C/CC/C=C/CCCCCCCCCCCCCCCCCCC. The van der Waals surface area contributed by atoms with E-state index in [2.05, 4.69) is 92.1 Å². The maximum Gasteiger partial charge on any atom is 0.220 e. The fourth-order valence-corrected chi connectivity index (χ4v) is 9.20. The molecule has 0 heterocycles. The molecular formula is C66H119NO3. The van der Waals surface area contributed by atoms with E-state index in [1.54, 1.807) is 6.08 Å². The van der Waals surface area contributed by atoms with E-state index >= 15 is 0 Å². The molecule has 0 aromatic carbocycles. The molecule has 70 heavy (non-hydrogen) atoms. The first kappa shape index (κ1) is 67.6. The summed E-state index contributed by atoms with van der Waals surface area (Å²) >= 11 is 0. The number of carbonyl (C=O) groups excluding carboxylic acids is 1. The average Bonchev–Trinajstić information content (AvgIpc) is 3.36. The lowest BCUT2D eigenvalue weighted by molar-refractivity contribution is -0.123. The lowest BCUT2D eigenvalue weighted by atomic mass is 10.0. The largest absolute Gasteiger partial charge is 0.394 e. The Labute approximate surface area is 437 Å². The highest BCUT2D eigenvalue weighted by atomic mass is 16.3. The Bertz CT molecular complexity index is 1240. The lowest BCUT2D eigenvalue weighted by Gasteiger charge is -2.19. The normalized spacial score (nSPS) is 13.4. The summed E-state index contributed by atoms with van der Waals surface area (Å²) < 4.78 is 0. The number of nitrogens with one attached hydrogen (secondary N) is 1. The van der Waals surface area contributed by atoms with E-state index in [0.29, 0.717) is 6.42 Å². The minimum atomic E-state index is -0.874. The van der Waals surface area contributed by atoms with E-state index < -0.39 is 12.1 Å². The van der Waals surface area contributed by atoms with Crippen molar-refractivity contribution in [1.82, 2.24) is 5.32 Å². The van der Waals surface area contributed by atoms with Crippen molar-refractivity contribution in [3.8, 4) is 0 Å². The molecule has 1 amide bonds. The highest BCUT2D eigenvalue weighted by Crippen LogP contribution is 2.17. The molecule has 0 spiro atoms. The molecule has 0 saturated carbocycles. The Morgan fingerprint density at radius 2 is 0.643 bits per heavy atom. The molecule has 0 aliphatic carbocycles. The number of hydrogen-bond donors (Lipinski definition) is 3. The first-order valence-corrected chi connectivity index (χ1v) is 30.8. The van der Waals surface area contributed by atoms with Crippen LogP contribution < -0.4 is 5.32 Å². The Kier molecular flexibility index (Phi) is 58.8. The molecule has 0 fully saturated rings. The first-order valence-electron chi connectivity index (χ1n) is 30.8. The molecule has 4 heteroatoms. The fourth-order valence-electron chi connectivity index (χ4n) is 9.20. The topological polar surface area (TPSA) is 69.6 Å². The van der Waals surface area contributed by atoms with Crippen molar-refractivity contribution in [2.45, 2.75) is 321 Å². The van der Waals surface area contributed by atoms with Crippen LogP contribution in [-0.2, 0) is 4.79 Å². The van der Waals surface area contributed by atoms with E-state index in [-0.39, 0.29) is 12.5 Å². The van der Waals surface area contributed by atoms with Gasteiger partial charge in [0.2, 0.25) is 5.91 Å². The van der Waals surface area contributed by atoms with Crippen LogP contribution >= 0.6 is 0 Å². The molecule has 0 aromatic rings. The summed E-state index contributed by atoms with van der Waals surface area (Å²) in [5.41, 5.74) is 0. The second-order valence-electron chi connectivity index (χ2n) is 20.7. The van der Waals surface area contributed by atoms with Gasteiger partial charge in [-0.2, -0.15) is 0 Å². The van der Waals surface area contributed by atoms with Gasteiger partial charge in [0.05, 0.1) is 18.8 Å². The summed E-state index contributed by atoms with van der Waals surface area (Å²) in [5.74, 6) is -0.0760. The standard InChI is InChI=1S/C66H119NO3/c1-3-5-7-9-11-13-15-17-19-21-23-25-27-29-31-32-33-34-36-38-40-42-44-46-48-50-52-54-56-58-60-62-66(70)67-64(63-68)65(69)61-59-57-55-53-51-49-47-45-43-41-39-37-35-30-28-26-24-22-20-18-16-14-12-10-8-6-4-2/h5,7,11,13,17,19,23,25,43,45,51,53,59,61,64-65,68-69H,3-4,6,8-10,12,14-16,18,20-22,24,26-42,44,46-50,52,54-58,60,62-63H2,1-2H3,(H,67,70)/b7-5-,13-11-,19-17-,25-23-,45-43+,53-51+,61-59+. The molecule has 0 saturated heterocycles. The van der Waals surface area contributed by atoms with Crippen molar-refractivity contribution in [1.29, 1.82) is 0 Å². The summed E-state index contributed by atoms with van der Waals surface area (Å²) in [4.78, 5) is 12.5. The van der Waals surface area contributed by atoms with Gasteiger partial charge >= 0.3 is 0 Å². The van der Waals surface area contributed by atoms with Crippen molar-refractivity contribution in [2.24, 2.45) is 0 Å². The predicted molar refractivity (Wildman–Crippen MR) is 313 cm³/mol. The minimum Gasteiger partial charge on any atom is -0.394 e. The molecule has 3 N–H and O–H groups in total. The fraction of sp³-hybridized carbons (Fsp3) is 0.773. The van der Waals surface area contributed by atoms with Crippen molar-refractivity contribution in [2.75, 3.05) is 6.61 Å². The second-order valence-corrected chi connectivity index (χ2v) is 20.7. The maximum atomic E-state index is 12.5. The molecule has 0 aromatic heterocycles. The van der Waals surface area contributed by atoms with E-state index in [1.807, 2.05) is 6.08 Å². The van der Waals surface area contributed by atoms with Gasteiger partial charge in [0, 0.05) is 6.42 Å². The second kappa shape index (κ2) is 60.9. The first-order chi connectivity index (χ1) is 34.7. The zero-order chi connectivity index (χ0) is 50.6. The zero-order valence-electron chi connectivity index (χ0n) is 46.8. The summed E-state index contributed by atoms with van der Waals surface area (Å²) in [6, 6.07) is -0.650. The van der Waals surface area contributed by atoms with Gasteiger partial charge in [-0.25, -0.2) is 0 Å². The number of aliphatic hydroxyl groups is 2. The van der Waals surface area contributed by atoms with Crippen molar-refractivity contribution in [3.05, 3.63) is 85.1 Å². The number of allylic oxidation sites excluding steroid dienone is 13. The van der Waals surface area contributed by atoms with Crippen LogP contribution in [0, 0.1) is 0 Å². The molecule has 2 unspecified atom stereocenters. The summed E-state index contributed by atoms with van der Waals surface area (Å²) in [5, 5.41) is 23.2. The van der Waals surface area contributed by atoms with Gasteiger partial charge in [-0.1, -0.05) is 304 Å². The maximum absolute atomic E-state index is 12.5. The highest BCUT2D eigenvalue weighted by molar-refractivity contribution is 5.76. The van der Waals surface area contributed by atoms with Crippen molar-refractivity contribution in [3.63, 3.8) is 0 Å². The predicted octanol–water partition coefficient (Wildman–Crippen LogP) is 20.7. The molecule has 0 aliphatic rings. The Balaban J connectivity index is 3.53. The van der Waals surface area contributed by atoms with Gasteiger partial charge in [-0.3, -0.25) is 4.79 Å². The highest BCUT2D eigenvalue weighted by Gasteiger charge is 2.18. The van der Waals surface area contributed by atoms with Crippen LogP contribution in [0.15, 0.2) is 85.1 Å². The van der Waals surface area contributed by atoms with Crippen LogP contribution in [-0.4, -0.2) is 34.9 Å². The number of aliphatic hydroxyl groups excluding tert-OH is 2. The van der Waals surface area contributed by atoms with Gasteiger partial charge in [0.1, 0.15) is 0 Å². The van der Waals surface area contributed by atoms with Crippen molar-refractivity contribution >= 4 is 5.91 Å². The third-order valence-electron chi connectivity index (χ3n) is 13.8. The Morgan fingerprint density at radius 1 is 0.357 bits per heavy atom. The number of unbranched alkanes of at least 4 members (excludes halogenated alkanes) is 37. The Hall–Kier alpha value is -2.43. The quantitative estimate of drug-likeness (QED) is 0.0420.